The first kappa shape index (κ1) is 14.3. The van der Waals surface area contributed by atoms with E-state index in [0.29, 0.717) is 11.1 Å². The fraction of sp³-hybridized carbons (Fsp3) is 0.364. The minimum absolute atomic E-state index is 0.652. The van der Waals surface area contributed by atoms with Gasteiger partial charge in [0.05, 0.1) is 5.54 Å². The second-order valence-corrected chi connectivity index (χ2v) is 4.58. The molecule has 18 heavy (non-hydrogen) atoms. The topological polar surface area (TPSA) is 55.6 Å². The Bertz CT molecular complexity index is 472. The maximum atomic E-state index is 13.2. The van der Waals surface area contributed by atoms with Gasteiger partial charge in [-0.15, -0.1) is 0 Å². The molecule has 0 aromatic heterocycles. The van der Waals surface area contributed by atoms with Crippen LogP contribution >= 0.6 is 0 Å². The van der Waals surface area contributed by atoms with Crippen molar-refractivity contribution < 1.29 is 22.7 Å². The van der Waals surface area contributed by atoms with Gasteiger partial charge >= 0.3 is 6.09 Å². The molecule has 0 bridgehead atoms. The van der Waals surface area contributed by atoms with Crippen LogP contribution in [0.3, 0.4) is 0 Å². The quantitative estimate of drug-likeness (QED) is 0.366. The largest absolute Gasteiger partial charge is 0.430 e. The van der Waals surface area contributed by atoms with Gasteiger partial charge in [-0.1, -0.05) is 0 Å². The third-order valence-corrected chi connectivity index (χ3v) is 2.12. The van der Waals surface area contributed by atoms with E-state index in [2.05, 4.69) is 4.74 Å². The summed E-state index contributed by atoms with van der Waals surface area (Å²) in [7, 11) is 0. The molecule has 0 aliphatic carbocycles. The number of ether oxygens (including phenoxy) is 1. The van der Waals surface area contributed by atoms with Gasteiger partial charge in [0.1, 0.15) is 0 Å². The van der Waals surface area contributed by atoms with Crippen LogP contribution in [0.25, 0.3) is 0 Å². The molecule has 1 rings (SSSR count). The third kappa shape index (κ3) is 2.92. The molecule has 7 heteroatoms. The van der Waals surface area contributed by atoms with Gasteiger partial charge in [0.2, 0.25) is 5.82 Å². The van der Waals surface area contributed by atoms with Gasteiger partial charge in [-0.25, -0.2) is 24.4 Å². The van der Waals surface area contributed by atoms with Crippen molar-refractivity contribution >= 4 is 6.09 Å². The highest BCUT2D eigenvalue weighted by molar-refractivity contribution is 5.70. The van der Waals surface area contributed by atoms with E-state index in [0.717, 1.165) is 6.07 Å². The SMILES string of the molecule is CC(C)(C)N(N)C(=O)Oc1ccc(F)c(F)c1F. The molecular formula is C11H13F3N2O2. The number of amides is 1. The van der Waals surface area contributed by atoms with E-state index in [9.17, 15) is 18.0 Å². The molecule has 0 heterocycles. The molecule has 0 atom stereocenters. The molecule has 0 radical (unpaired) electrons. The second-order valence-electron chi connectivity index (χ2n) is 4.58. The molecule has 0 aliphatic rings. The summed E-state index contributed by atoms with van der Waals surface area (Å²) in [5.41, 5.74) is -0.758. The fourth-order valence-electron chi connectivity index (χ4n) is 1.00. The lowest BCUT2D eigenvalue weighted by molar-refractivity contribution is 0.105. The van der Waals surface area contributed by atoms with Gasteiger partial charge in [-0.05, 0) is 32.9 Å². The summed E-state index contributed by atoms with van der Waals surface area (Å²) >= 11 is 0. The predicted octanol–water partition coefficient (Wildman–Crippen LogP) is 2.58. The van der Waals surface area contributed by atoms with Crippen molar-refractivity contribution in [1.82, 2.24) is 5.01 Å². The molecule has 100 valence electrons. The molecular weight excluding hydrogens is 249 g/mol. The van der Waals surface area contributed by atoms with Gasteiger partial charge in [0, 0.05) is 0 Å². The van der Waals surface area contributed by atoms with Gasteiger partial charge in [0.25, 0.3) is 0 Å². The average molecular weight is 262 g/mol. The van der Waals surface area contributed by atoms with Crippen molar-refractivity contribution in [2.24, 2.45) is 5.84 Å². The highest BCUT2D eigenvalue weighted by Gasteiger charge is 2.26. The number of hydrogen-bond acceptors (Lipinski definition) is 3. The van der Waals surface area contributed by atoms with Crippen molar-refractivity contribution in [2.75, 3.05) is 0 Å². The number of benzene rings is 1. The minimum atomic E-state index is -1.71. The van der Waals surface area contributed by atoms with E-state index < -0.39 is 34.8 Å². The van der Waals surface area contributed by atoms with Gasteiger partial charge in [-0.3, -0.25) is 0 Å². The van der Waals surface area contributed by atoms with Crippen LogP contribution in [0.2, 0.25) is 0 Å². The Hall–Kier alpha value is -1.76. The van der Waals surface area contributed by atoms with Crippen LogP contribution in [0.4, 0.5) is 18.0 Å². The minimum Gasteiger partial charge on any atom is -0.406 e. The lowest BCUT2D eigenvalue weighted by Gasteiger charge is -2.29. The summed E-state index contributed by atoms with van der Waals surface area (Å²) < 4.78 is 43.3. The number of carbonyl (C=O) groups is 1. The Kier molecular flexibility index (Phi) is 3.85. The van der Waals surface area contributed by atoms with Crippen LogP contribution < -0.4 is 10.6 Å². The first-order valence-corrected chi connectivity index (χ1v) is 5.05. The van der Waals surface area contributed by atoms with Crippen molar-refractivity contribution in [2.45, 2.75) is 26.3 Å². The van der Waals surface area contributed by atoms with Crippen LogP contribution in [-0.2, 0) is 0 Å². The molecule has 0 unspecified atom stereocenters. The summed E-state index contributed by atoms with van der Waals surface area (Å²) in [4.78, 5) is 11.5. The van der Waals surface area contributed by atoms with E-state index >= 15 is 0 Å². The first-order valence-electron chi connectivity index (χ1n) is 5.05. The molecule has 4 nitrogen and oxygen atoms in total. The van der Waals surface area contributed by atoms with Crippen molar-refractivity contribution in [1.29, 1.82) is 0 Å². The summed E-state index contributed by atoms with van der Waals surface area (Å²) in [6.45, 7) is 4.86. The number of hydrazine groups is 1. The standard InChI is InChI=1S/C11H13F3N2O2/c1-11(2,3)16(15)10(17)18-7-5-4-6(12)8(13)9(7)14/h4-5H,15H2,1-3H3. The molecule has 2 N–H and O–H groups in total. The Morgan fingerprint density at radius 3 is 2.28 bits per heavy atom. The van der Waals surface area contributed by atoms with E-state index in [1.165, 1.54) is 0 Å². The van der Waals surface area contributed by atoms with Gasteiger partial charge in [0.15, 0.2) is 17.4 Å². The molecule has 0 spiro atoms. The smallest absolute Gasteiger partial charge is 0.406 e. The number of rotatable bonds is 1. The zero-order chi connectivity index (χ0) is 14.1. The number of halogens is 3. The Labute approximate surface area is 102 Å². The molecule has 0 saturated heterocycles. The zero-order valence-corrected chi connectivity index (χ0v) is 10.1. The van der Waals surface area contributed by atoms with E-state index in [1.807, 2.05) is 0 Å². The average Bonchev–Trinajstić information content (AvgIpc) is 2.27. The van der Waals surface area contributed by atoms with Gasteiger partial charge < -0.3 is 4.74 Å². The number of nitrogens with zero attached hydrogens (tertiary/aromatic N) is 1. The normalized spacial score (nSPS) is 11.3. The Morgan fingerprint density at radius 2 is 1.78 bits per heavy atom. The second kappa shape index (κ2) is 4.85. The summed E-state index contributed by atoms with van der Waals surface area (Å²) in [5.74, 6) is 0.0505. The third-order valence-electron chi connectivity index (χ3n) is 2.12. The molecule has 1 aromatic carbocycles. The lowest BCUT2D eigenvalue weighted by Crippen LogP contribution is -2.51. The maximum absolute atomic E-state index is 13.2. The van der Waals surface area contributed by atoms with Crippen LogP contribution in [0.1, 0.15) is 20.8 Å². The van der Waals surface area contributed by atoms with Crippen LogP contribution in [-0.4, -0.2) is 16.6 Å². The Morgan fingerprint density at radius 1 is 1.22 bits per heavy atom. The zero-order valence-electron chi connectivity index (χ0n) is 10.1. The highest BCUT2D eigenvalue weighted by Crippen LogP contribution is 2.23. The predicted molar refractivity (Wildman–Crippen MR) is 58.1 cm³/mol. The van der Waals surface area contributed by atoms with E-state index in [-0.39, 0.29) is 0 Å². The van der Waals surface area contributed by atoms with Crippen LogP contribution in [0, 0.1) is 17.5 Å². The molecule has 1 amide bonds. The fourth-order valence-corrected chi connectivity index (χ4v) is 1.00. The summed E-state index contributed by atoms with van der Waals surface area (Å²) in [6, 6.07) is 1.46. The maximum Gasteiger partial charge on any atom is 0.430 e. The summed E-state index contributed by atoms with van der Waals surface area (Å²) in [6.07, 6.45) is -1.08. The first-order chi connectivity index (χ1) is 8.14. The monoisotopic (exact) mass is 262 g/mol. The summed E-state index contributed by atoms with van der Waals surface area (Å²) in [5, 5.41) is 0.716. The van der Waals surface area contributed by atoms with Crippen molar-refractivity contribution in [3.63, 3.8) is 0 Å². The number of hydrogen-bond donors (Lipinski definition) is 1. The van der Waals surface area contributed by atoms with Crippen molar-refractivity contribution in [3.8, 4) is 5.75 Å². The highest BCUT2D eigenvalue weighted by atomic mass is 19.2. The molecule has 0 saturated carbocycles. The molecule has 1 aromatic rings. The van der Waals surface area contributed by atoms with E-state index in [4.69, 9.17) is 5.84 Å². The van der Waals surface area contributed by atoms with Crippen LogP contribution in [0.5, 0.6) is 5.75 Å². The Balaban J connectivity index is 2.93. The van der Waals surface area contributed by atoms with E-state index in [1.54, 1.807) is 20.8 Å². The molecule has 0 fully saturated rings. The lowest BCUT2D eigenvalue weighted by atomic mass is 10.1. The van der Waals surface area contributed by atoms with Crippen molar-refractivity contribution in [3.05, 3.63) is 29.6 Å². The molecule has 0 aliphatic heterocycles. The number of nitrogens with two attached hydrogens (primary N) is 1. The number of carbonyl (C=O) groups excluding carboxylic acids is 1. The van der Waals surface area contributed by atoms with Gasteiger partial charge in [-0.2, -0.15) is 4.39 Å². The van der Waals surface area contributed by atoms with Crippen LogP contribution in [0.15, 0.2) is 12.1 Å².